The van der Waals surface area contributed by atoms with E-state index in [1.165, 1.54) is 17.0 Å². The fourth-order valence-electron chi connectivity index (χ4n) is 3.65. The van der Waals surface area contributed by atoms with E-state index in [9.17, 15) is 14.0 Å². The molecule has 1 amide bonds. The molecule has 5 rings (SSSR count). The summed E-state index contributed by atoms with van der Waals surface area (Å²) in [5.41, 5.74) is 1.23. The Morgan fingerprint density at radius 1 is 1.03 bits per heavy atom. The normalized spacial score (nSPS) is 15.7. The van der Waals surface area contributed by atoms with Crippen molar-refractivity contribution < 1.29 is 13.6 Å². The van der Waals surface area contributed by atoms with Crippen LogP contribution in [-0.4, -0.2) is 15.9 Å². The number of aromatic nitrogens is 2. The van der Waals surface area contributed by atoms with Crippen molar-refractivity contribution in [3.8, 4) is 0 Å². The zero-order chi connectivity index (χ0) is 20.1. The monoisotopic (exact) mass is 387 g/mol. The first kappa shape index (κ1) is 17.2. The van der Waals surface area contributed by atoms with Crippen molar-refractivity contribution >= 4 is 22.7 Å². The summed E-state index contributed by atoms with van der Waals surface area (Å²) in [6.45, 7) is 1.88. The molecule has 29 heavy (non-hydrogen) atoms. The number of benzene rings is 1. The van der Waals surface area contributed by atoms with E-state index in [1.54, 1.807) is 36.7 Å². The van der Waals surface area contributed by atoms with Gasteiger partial charge in [0.1, 0.15) is 23.3 Å². The van der Waals surface area contributed by atoms with Gasteiger partial charge < -0.3 is 4.42 Å². The van der Waals surface area contributed by atoms with Crippen LogP contribution in [0.1, 0.15) is 33.4 Å². The van der Waals surface area contributed by atoms with E-state index < -0.39 is 23.2 Å². The third-order valence-corrected chi connectivity index (χ3v) is 4.95. The van der Waals surface area contributed by atoms with Gasteiger partial charge in [0.15, 0.2) is 5.43 Å². The predicted molar refractivity (Wildman–Crippen MR) is 104 cm³/mol. The van der Waals surface area contributed by atoms with E-state index >= 15 is 0 Å². The van der Waals surface area contributed by atoms with Crippen molar-refractivity contribution in [2.24, 2.45) is 0 Å². The van der Waals surface area contributed by atoms with E-state index in [-0.39, 0.29) is 22.3 Å². The minimum Gasteiger partial charge on any atom is -0.450 e. The van der Waals surface area contributed by atoms with Crippen molar-refractivity contribution in [2.75, 3.05) is 4.90 Å². The average Bonchev–Trinajstić information content (AvgIpc) is 3.02. The number of hydrogen-bond donors (Lipinski definition) is 0. The fraction of sp³-hybridized carbons (Fsp3) is 0.0909. The van der Waals surface area contributed by atoms with Crippen molar-refractivity contribution in [3.05, 3.63) is 99.5 Å². The summed E-state index contributed by atoms with van der Waals surface area (Å²) < 4.78 is 19.5. The number of pyridine rings is 2. The number of carbonyl (C=O) groups excluding carboxylic acids is 1. The minimum atomic E-state index is -0.822. The second-order valence-corrected chi connectivity index (χ2v) is 6.84. The number of fused-ring (bicyclic) bond motifs is 2. The maximum Gasteiger partial charge on any atom is 0.296 e. The van der Waals surface area contributed by atoms with Crippen LogP contribution >= 0.6 is 0 Å². The third-order valence-electron chi connectivity index (χ3n) is 4.95. The van der Waals surface area contributed by atoms with Crippen molar-refractivity contribution in [1.29, 1.82) is 0 Å². The molecule has 7 heteroatoms. The highest BCUT2D eigenvalue weighted by Crippen LogP contribution is 2.39. The molecule has 0 unspecified atom stereocenters. The number of nitrogens with zero attached hydrogens (tertiary/aromatic N) is 3. The van der Waals surface area contributed by atoms with Gasteiger partial charge in [-0.15, -0.1) is 0 Å². The van der Waals surface area contributed by atoms with Crippen LogP contribution in [0.25, 0.3) is 11.0 Å². The number of amides is 1. The summed E-state index contributed by atoms with van der Waals surface area (Å²) in [4.78, 5) is 36.7. The Hall–Kier alpha value is -3.87. The molecule has 0 saturated carbocycles. The van der Waals surface area contributed by atoms with Gasteiger partial charge in [-0.2, -0.15) is 0 Å². The Morgan fingerprint density at radius 2 is 1.90 bits per heavy atom. The second-order valence-electron chi connectivity index (χ2n) is 6.84. The molecule has 0 bridgehead atoms. The highest BCUT2D eigenvalue weighted by molar-refractivity contribution is 6.10. The molecule has 0 spiro atoms. The summed E-state index contributed by atoms with van der Waals surface area (Å²) >= 11 is 0. The lowest BCUT2D eigenvalue weighted by atomic mass is 10.0. The molecule has 1 atom stereocenters. The van der Waals surface area contributed by atoms with Crippen LogP contribution in [0.5, 0.6) is 0 Å². The van der Waals surface area contributed by atoms with Crippen LogP contribution in [-0.2, 0) is 0 Å². The van der Waals surface area contributed by atoms with Crippen molar-refractivity contribution in [1.82, 2.24) is 9.97 Å². The Bertz CT molecular complexity index is 1330. The van der Waals surface area contributed by atoms with E-state index in [2.05, 4.69) is 9.97 Å². The summed E-state index contributed by atoms with van der Waals surface area (Å²) in [6, 6.07) is 11.6. The summed E-state index contributed by atoms with van der Waals surface area (Å²) in [5, 5.41) is 0.0801. The number of rotatable bonds is 2. The number of carbonyl (C=O) groups is 1. The van der Waals surface area contributed by atoms with Crippen LogP contribution in [0.4, 0.5) is 10.2 Å². The molecule has 6 nitrogen and oxygen atoms in total. The second kappa shape index (κ2) is 6.34. The Labute approximate surface area is 164 Å². The maximum absolute atomic E-state index is 13.8. The van der Waals surface area contributed by atoms with Crippen molar-refractivity contribution in [2.45, 2.75) is 13.0 Å². The highest BCUT2D eigenvalue weighted by Gasteiger charge is 2.44. The van der Waals surface area contributed by atoms with Crippen LogP contribution in [0, 0.1) is 12.7 Å². The Balaban J connectivity index is 1.84. The number of halogens is 1. The standard InChI is InChI=1S/C22H14FN3O3/c1-12-7-9-25-17(10-12)26-19(15-4-2-3-8-24-15)18-20(27)14-11-13(23)5-6-16(14)29-21(18)22(26)28/h2-11,19H,1H3/t19-/m0/s1. The largest absolute Gasteiger partial charge is 0.450 e. The van der Waals surface area contributed by atoms with Crippen LogP contribution < -0.4 is 10.3 Å². The van der Waals surface area contributed by atoms with Gasteiger partial charge in [-0.05, 0) is 55.0 Å². The molecular weight excluding hydrogens is 373 g/mol. The quantitative estimate of drug-likeness (QED) is 0.523. The van der Waals surface area contributed by atoms with Gasteiger partial charge in [-0.3, -0.25) is 19.5 Å². The molecule has 0 radical (unpaired) electrons. The maximum atomic E-state index is 13.8. The topological polar surface area (TPSA) is 76.3 Å². The van der Waals surface area contributed by atoms with Gasteiger partial charge in [0.2, 0.25) is 5.76 Å². The predicted octanol–water partition coefficient (Wildman–Crippen LogP) is 3.78. The van der Waals surface area contributed by atoms with Gasteiger partial charge in [0, 0.05) is 12.4 Å². The van der Waals surface area contributed by atoms with Gasteiger partial charge >= 0.3 is 0 Å². The van der Waals surface area contributed by atoms with Gasteiger partial charge in [0.05, 0.1) is 16.6 Å². The Morgan fingerprint density at radius 3 is 2.66 bits per heavy atom. The minimum absolute atomic E-state index is 0.0759. The molecule has 0 saturated heterocycles. The molecular formula is C22H14FN3O3. The summed E-state index contributed by atoms with van der Waals surface area (Å²) in [7, 11) is 0. The molecule has 3 aromatic heterocycles. The molecule has 0 fully saturated rings. The highest BCUT2D eigenvalue weighted by atomic mass is 19.1. The molecule has 0 N–H and O–H groups in total. The van der Waals surface area contributed by atoms with Gasteiger partial charge in [0.25, 0.3) is 5.91 Å². The van der Waals surface area contributed by atoms with E-state index in [1.807, 2.05) is 13.0 Å². The number of aryl methyl sites for hydroxylation is 1. The lowest BCUT2D eigenvalue weighted by Crippen LogP contribution is -2.30. The smallest absolute Gasteiger partial charge is 0.296 e. The zero-order valence-electron chi connectivity index (χ0n) is 15.3. The number of hydrogen-bond acceptors (Lipinski definition) is 5. The van der Waals surface area contributed by atoms with E-state index in [4.69, 9.17) is 4.42 Å². The van der Waals surface area contributed by atoms with Gasteiger partial charge in [-0.1, -0.05) is 6.07 Å². The number of anilines is 1. The van der Waals surface area contributed by atoms with E-state index in [0.29, 0.717) is 11.5 Å². The van der Waals surface area contributed by atoms with Crippen molar-refractivity contribution in [3.63, 3.8) is 0 Å². The third kappa shape index (κ3) is 2.62. The first-order valence-electron chi connectivity index (χ1n) is 8.98. The molecule has 1 aliphatic rings. The molecule has 0 aliphatic carbocycles. The first-order chi connectivity index (χ1) is 14.0. The zero-order valence-corrected chi connectivity index (χ0v) is 15.3. The molecule has 4 heterocycles. The van der Waals surface area contributed by atoms with Crippen LogP contribution in [0.15, 0.2) is 70.1 Å². The lowest BCUT2D eigenvalue weighted by Gasteiger charge is -2.23. The molecule has 4 aromatic rings. The lowest BCUT2D eigenvalue weighted by molar-refractivity contribution is 0.0970. The fourth-order valence-corrected chi connectivity index (χ4v) is 3.65. The summed E-state index contributed by atoms with van der Waals surface area (Å²) in [6.07, 6.45) is 3.18. The average molecular weight is 387 g/mol. The van der Waals surface area contributed by atoms with Crippen LogP contribution in [0.3, 0.4) is 0 Å². The Kier molecular flexibility index (Phi) is 3.77. The summed E-state index contributed by atoms with van der Waals surface area (Å²) in [5.74, 6) is -0.738. The first-order valence-corrected chi connectivity index (χ1v) is 8.98. The van der Waals surface area contributed by atoms with Crippen LogP contribution in [0.2, 0.25) is 0 Å². The van der Waals surface area contributed by atoms with Gasteiger partial charge in [-0.25, -0.2) is 9.37 Å². The SMILES string of the molecule is Cc1ccnc(N2C(=O)c3oc4ccc(F)cc4c(=O)c3[C@@H]2c2ccccn2)c1. The van der Waals surface area contributed by atoms with E-state index in [0.717, 1.165) is 11.6 Å². The molecule has 1 aliphatic heterocycles. The molecule has 1 aromatic carbocycles. The molecule has 142 valence electrons.